The van der Waals surface area contributed by atoms with Gasteiger partial charge >= 0.3 is 0 Å². The molecule has 25 heavy (non-hydrogen) atoms. The molecule has 1 amide bonds. The predicted octanol–water partition coefficient (Wildman–Crippen LogP) is 0.306. The van der Waals surface area contributed by atoms with Gasteiger partial charge in [0.2, 0.25) is 0 Å². The number of carbonyl (C=O) groups excluding carboxylic acids is 1. The lowest BCUT2D eigenvalue weighted by Crippen LogP contribution is -3.29. The molecule has 132 valence electrons. The average Bonchev–Trinajstić information content (AvgIpc) is 2.62. The van der Waals surface area contributed by atoms with Crippen LogP contribution in [0.5, 0.6) is 0 Å². The van der Waals surface area contributed by atoms with Crippen LogP contribution in [0.3, 0.4) is 0 Å². The van der Waals surface area contributed by atoms with E-state index < -0.39 is 0 Å². The second-order valence-corrected chi connectivity index (χ2v) is 7.15. The Morgan fingerprint density at radius 3 is 2.44 bits per heavy atom. The first-order valence-electron chi connectivity index (χ1n) is 9.21. The van der Waals surface area contributed by atoms with E-state index in [1.165, 1.54) is 16.0 Å². The highest BCUT2D eigenvalue weighted by molar-refractivity contribution is 5.93. The monoisotopic (exact) mass is 339 g/mol. The van der Waals surface area contributed by atoms with E-state index in [0.717, 1.165) is 38.4 Å². The van der Waals surface area contributed by atoms with E-state index in [1.807, 2.05) is 37.3 Å². The zero-order chi connectivity index (χ0) is 17.6. The normalized spacial score (nSPS) is 21.5. The first-order valence-corrected chi connectivity index (χ1v) is 9.21. The van der Waals surface area contributed by atoms with Crippen molar-refractivity contribution in [1.82, 2.24) is 0 Å². The minimum atomic E-state index is -0.0132. The molecule has 0 spiro atoms. The third kappa shape index (κ3) is 4.91. The fourth-order valence-electron chi connectivity index (χ4n) is 3.60. The first kappa shape index (κ1) is 17.6. The third-order valence-electron chi connectivity index (χ3n) is 5.18. The number of hydrogen-bond donors (Lipinski definition) is 3. The van der Waals surface area contributed by atoms with Crippen molar-refractivity contribution in [2.24, 2.45) is 0 Å². The molecule has 3 N–H and O–H groups in total. The molecule has 2 aromatic rings. The molecule has 1 atom stereocenters. The molecular weight excluding hydrogens is 310 g/mol. The van der Waals surface area contributed by atoms with E-state index in [-0.39, 0.29) is 11.9 Å². The number of aryl methyl sites for hydroxylation is 1. The molecule has 4 heteroatoms. The Morgan fingerprint density at radius 1 is 1.04 bits per heavy atom. The van der Waals surface area contributed by atoms with Crippen LogP contribution < -0.4 is 15.1 Å². The highest BCUT2D eigenvalue weighted by Crippen LogP contribution is 2.05. The fourth-order valence-corrected chi connectivity index (χ4v) is 3.60. The summed E-state index contributed by atoms with van der Waals surface area (Å²) >= 11 is 0. The highest BCUT2D eigenvalue weighted by atomic mass is 16.2. The minimum Gasteiger partial charge on any atom is -0.322 e. The summed E-state index contributed by atoms with van der Waals surface area (Å²) in [4.78, 5) is 15.5. The summed E-state index contributed by atoms with van der Waals surface area (Å²) in [6.45, 7) is 9.60. The van der Waals surface area contributed by atoms with Crippen LogP contribution in [0.1, 0.15) is 18.1 Å². The summed E-state index contributed by atoms with van der Waals surface area (Å²) in [5.41, 5.74) is 3.61. The summed E-state index contributed by atoms with van der Waals surface area (Å²) in [7, 11) is 0. The Bertz CT molecular complexity index is 693. The van der Waals surface area contributed by atoms with E-state index in [4.69, 9.17) is 0 Å². The van der Waals surface area contributed by atoms with Gasteiger partial charge in [-0.05, 0) is 26.0 Å². The highest BCUT2D eigenvalue weighted by Gasteiger charge is 2.31. The van der Waals surface area contributed by atoms with Crippen LogP contribution >= 0.6 is 0 Å². The number of para-hydroxylation sites is 1. The zero-order valence-electron chi connectivity index (χ0n) is 15.2. The first-order chi connectivity index (χ1) is 12.1. The van der Waals surface area contributed by atoms with E-state index >= 15 is 0 Å². The maximum atomic E-state index is 12.5. The molecule has 1 saturated heterocycles. The van der Waals surface area contributed by atoms with Gasteiger partial charge in [0.05, 0.1) is 0 Å². The van der Waals surface area contributed by atoms with Gasteiger partial charge < -0.3 is 15.1 Å². The molecule has 1 heterocycles. The maximum absolute atomic E-state index is 12.5. The van der Waals surface area contributed by atoms with E-state index in [9.17, 15) is 4.79 Å². The van der Waals surface area contributed by atoms with Crippen LogP contribution in [0.15, 0.2) is 54.6 Å². The van der Waals surface area contributed by atoms with Crippen LogP contribution in [0.4, 0.5) is 5.69 Å². The molecule has 1 aliphatic heterocycles. The minimum absolute atomic E-state index is 0.0132. The number of benzene rings is 2. The van der Waals surface area contributed by atoms with Gasteiger partial charge in [-0.15, -0.1) is 0 Å². The van der Waals surface area contributed by atoms with Crippen LogP contribution in [-0.4, -0.2) is 38.1 Å². The molecule has 0 radical (unpaired) electrons. The molecule has 0 aliphatic carbocycles. The van der Waals surface area contributed by atoms with E-state index in [0.29, 0.717) is 0 Å². The van der Waals surface area contributed by atoms with Gasteiger partial charge in [0.25, 0.3) is 5.91 Å². The molecule has 0 saturated carbocycles. The smallest absolute Gasteiger partial charge is 0.282 e. The van der Waals surface area contributed by atoms with Gasteiger partial charge in [-0.2, -0.15) is 0 Å². The standard InChI is InChI=1S/C21H27N3O/c1-17-7-6-8-19(15-17)16-23-11-13-24(14-12-23)18(2)21(25)22-20-9-4-3-5-10-20/h3-10,15,18H,11-14,16H2,1-2H3,(H,22,25)/p+2/t18-/m1/s1. The summed E-state index contributed by atoms with van der Waals surface area (Å²) in [5.74, 6) is 0.114. The zero-order valence-corrected chi connectivity index (χ0v) is 15.2. The van der Waals surface area contributed by atoms with Crippen molar-refractivity contribution < 1.29 is 14.6 Å². The van der Waals surface area contributed by atoms with Crippen molar-refractivity contribution in [3.8, 4) is 0 Å². The average molecular weight is 339 g/mol. The van der Waals surface area contributed by atoms with Crippen molar-refractivity contribution in [2.45, 2.75) is 26.4 Å². The van der Waals surface area contributed by atoms with E-state index in [2.05, 4.69) is 36.5 Å². The summed E-state index contributed by atoms with van der Waals surface area (Å²) in [6.07, 6.45) is 0. The number of piperazine rings is 1. The summed E-state index contributed by atoms with van der Waals surface area (Å²) < 4.78 is 0. The Morgan fingerprint density at radius 2 is 1.76 bits per heavy atom. The Kier molecular flexibility index (Phi) is 5.84. The summed E-state index contributed by atoms with van der Waals surface area (Å²) in [6, 6.07) is 18.5. The van der Waals surface area contributed by atoms with Crippen molar-refractivity contribution in [3.05, 3.63) is 65.7 Å². The second-order valence-electron chi connectivity index (χ2n) is 7.15. The lowest BCUT2D eigenvalue weighted by Gasteiger charge is -2.32. The maximum Gasteiger partial charge on any atom is 0.282 e. The number of hydrogen-bond acceptors (Lipinski definition) is 1. The van der Waals surface area contributed by atoms with Crippen molar-refractivity contribution >= 4 is 11.6 Å². The summed E-state index contributed by atoms with van der Waals surface area (Å²) in [5, 5.41) is 3.03. The molecular formula is C21H29N3O+2. The lowest BCUT2D eigenvalue weighted by atomic mass is 10.1. The van der Waals surface area contributed by atoms with Gasteiger partial charge in [0.15, 0.2) is 6.04 Å². The molecule has 0 unspecified atom stereocenters. The van der Waals surface area contributed by atoms with Crippen molar-refractivity contribution in [2.75, 3.05) is 31.5 Å². The Balaban J connectivity index is 1.48. The van der Waals surface area contributed by atoms with Gasteiger partial charge in [0, 0.05) is 11.3 Å². The van der Waals surface area contributed by atoms with Gasteiger partial charge in [-0.25, -0.2) is 0 Å². The number of carbonyl (C=O) groups is 1. The SMILES string of the molecule is Cc1cccc(C[NH+]2CC[NH+]([C@H](C)C(=O)Nc3ccccc3)CC2)c1. The molecule has 0 aromatic heterocycles. The van der Waals surface area contributed by atoms with E-state index in [1.54, 1.807) is 4.90 Å². The third-order valence-corrected chi connectivity index (χ3v) is 5.18. The molecule has 1 aliphatic rings. The van der Waals surface area contributed by atoms with Gasteiger partial charge in [-0.1, -0.05) is 48.0 Å². The van der Waals surface area contributed by atoms with Crippen molar-refractivity contribution in [3.63, 3.8) is 0 Å². The predicted molar refractivity (Wildman–Crippen MR) is 101 cm³/mol. The van der Waals surface area contributed by atoms with Crippen LogP contribution in [0.25, 0.3) is 0 Å². The van der Waals surface area contributed by atoms with Crippen molar-refractivity contribution in [1.29, 1.82) is 0 Å². The largest absolute Gasteiger partial charge is 0.322 e. The number of rotatable bonds is 5. The lowest BCUT2D eigenvalue weighted by molar-refractivity contribution is -1.02. The van der Waals surface area contributed by atoms with Crippen LogP contribution in [0, 0.1) is 6.92 Å². The quantitative estimate of drug-likeness (QED) is 0.721. The topological polar surface area (TPSA) is 38.0 Å². The number of quaternary nitrogens is 2. The number of amides is 1. The molecule has 3 rings (SSSR count). The second kappa shape index (κ2) is 8.28. The van der Waals surface area contributed by atoms with Crippen LogP contribution in [0.2, 0.25) is 0 Å². The Hall–Kier alpha value is -2.17. The molecule has 1 fully saturated rings. The van der Waals surface area contributed by atoms with Gasteiger partial charge in [-0.3, -0.25) is 4.79 Å². The number of nitrogens with one attached hydrogen (secondary N) is 3. The molecule has 0 bridgehead atoms. The molecule has 4 nitrogen and oxygen atoms in total. The fraction of sp³-hybridized carbons (Fsp3) is 0.381. The Labute approximate surface area is 150 Å². The molecule has 2 aromatic carbocycles. The number of anilines is 1. The van der Waals surface area contributed by atoms with Gasteiger partial charge in [0.1, 0.15) is 32.7 Å². The van der Waals surface area contributed by atoms with Crippen LogP contribution in [-0.2, 0) is 11.3 Å².